The maximum atomic E-state index is 13.1. The van der Waals surface area contributed by atoms with Crippen LogP contribution in [0.3, 0.4) is 0 Å². The highest BCUT2D eigenvalue weighted by atomic mass is 19.4. The topological polar surface area (TPSA) is 61.4 Å². The molecule has 0 spiro atoms. The van der Waals surface area contributed by atoms with Gasteiger partial charge in [-0.2, -0.15) is 13.2 Å². The van der Waals surface area contributed by atoms with E-state index in [4.69, 9.17) is 0 Å². The zero-order chi connectivity index (χ0) is 20.3. The third kappa shape index (κ3) is 4.84. The van der Waals surface area contributed by atoms with Crippen LogP contribution in [0.1, 0.15) is 31.7 Å². The molecule has 0 radical (unpaired) electrons. The zero-order valence-corrected chi connectivity index (χ0v) is 15.9. The minimum absolute atomic E-state index is 0.0571. The van der Waals surface area contributed by atoms with Gasteiger partial charge in [-0.3, -0.25) is 9.59 Å². The van der Waals surface area contributed by atoms with Gasteiger partial charge in [0.1, 0.15) is 0 Å². The molecule has 2 atom stereocenters. The van der Waals surface area contributed by atoms with Gasteiger partial charge in [0.25, 0.3) is 0 Å². The number of anilines is 1. The Balaban J connectivity index is 1.58. The summed E-state index contributed by atoms with van der Waals surface area (Å²) in [4.78, 5) is 26.5. The molecular formula is C20H26F3N3O2. The van der Waals surface area contributed by atoms with Gasteiger partial charge in [0.2, 0.25) is 11.8 Å². The largest absolute Gasteiger partial charge is 0.418 e. The molecule has 1 saturated carbocycles. The number of amides is 2. The summed E-state index contributed by atoms with van der Waals surface area (Å²) in [5, 5.41) is 5.62. The highest BCUT2D eigenvalue weighted by molar-refractivity contribution is 5.95. The van der Waals surface area contributed by atoms with Crippen LogP contribution in [0.4, 0.5) is 18.9 Å². The van der Waals surface area contributed by atoms with Crippen LogP contribution in [0.25, 0.3) is 0 Å². The molecule has 2 N–H and O–H groups in total. The molecule has 0 bridgehead atoms. The summed E-state index contributed by atoms with van der Waals surface area (Å²) in [7, 11) is 0. The molecule has 1 aliphatic heterocycles. The molecule has 2 amide bonds. The van der Waals surface area contributed by atoms with E-state index in [1.807, 2.05) is 0 Å². The van der Waals surface area contributed by atoms with Crippen molar-refractivity contribution in [2.24, 2.45) is 17.8 Å². The number of likely N-dealkylation sites (N-methyl/N-ethyl adjacent to an activating group) is 1. The van der Waals surface area contributed by atoms with Crippen LogP contribution in [0.2, 0.25) is 0 Å². The van der Waals surface area contributed by atoms with Crippen molar-refractivity contribution in [2.45, 2.75) is 32.4 Å². The number of halogens is 3. The minimum Gasteiger partial charge on any atom is -0.333 e. The highest BCUT2D eigenvalue weighted by Crippen LogP contribution is 2.48. The van der Waals surface area contributed by atoms with E-state index in [1.165, 1.54) is 23.1 Å². The number of benzene rings is 1. The van der Waals surface area contributed by atoms with E-state index in [0.29, 0.717) is 18.4 Å². The quantitative estimate of drug-likeness (QED) is 0.775. The van der Waals surface area contributed by atoms with Crippen molar-refractivity contribution in [2.75, 3.05) is 31.5 Å². The van der Waals surface area contributed by atoms with Gasteiger partial charge in [0, 0.05) is 12.5 Å². The summed E-state index contributed by atoms with van der Waals surface area (Å²) in [6.07, 6.45) is -1.58. The van der Waals surface area contributed by atoms with Gasteiger partial charge in [-0.05, 0) is 63.2 Å². The van der Waals surface area contributed by atoms with Gasteiger partial charge < -0.3 is 15.5 Å². The molecular weight excluding hydrogens is 371 g/mol. The number of nitrogens with zero attached hydrogens (tertiary/aromatic N) is 1. The molecule has 2 fully saturated rings. The third-order valence-corrected chi connectivity index (χ3v) is 5.68. The van der Waals surface area contributed by atoms with Crippen molar-refractivity contribution in [1.29, 1.82) is 0 Å². The van der Waals surface area contributed by atoms with E-state index in [0.717, 1.165) is 38.4 Å². The molecule has 1 saturated heterocycles. The zero-order valence-electron chi connectivity index (χ0n) is 15.9. The Hall–Kier alpha value is -2.09. The summed E-state index contributed by atoms with van der Waals surface area (Å²) < 4.78 is 39.2. The van der Waals surface area contributed by atoms with Gasteiger partial charge in [-0.1, -0.05) is 12.1 Å². The molecule has 154 valence electrons. The first-order valence-electron chi connectivity index (χ1n) is 9.76. The molecule has 1 aliphatic carbocycles. The maximum absolute atomic E-state index is 13.1. The second kappa shape index (κ2) is 8.51. The average Bonchev–Trinajstić information content (AvgIpc) is 3.47. The second-order valence-corrected chi connectivity index (χ2v) is 7.54. The fourth-order valence-corrected chi connectivity index (χ4v) is 4.07. The first-order chi connectivity index (χ1) is 13.3. The van der Waals surface area contributed by atoms with E-state index in [-0.39, 0.29) is 24.1 Å². The lowest BCUT2D eigenvalue weighted by Crippen LogP contribution is -2.39. The molecule has 2 aliphatic rings. The van der Waals surface area contributed by atoms with E-state index in [9.17, 15) is 22.8 Å². The number of para-hydroxylation sites is 1. The van der Waals surface area contributed by atoms with Crippen molar-refractivity contribution < 1.29 is 22.8 Å². The highest BCUT2D eigenvalue weighted by Gasteiger charge is 2.48. The summed E-state index contributed by atoms with van der Waals surface area (Å²) >= 11 is 0. The maximum Gasteiger partial charge on any atom is 0.418 e. The van der Waals surface area contributed by atoms with Crippen molar-refractivity contribution in [3.8, 4) is 0 Å². The van der Waals surface area contributed by atoms with Crippen LogP contribution in [0.5, 0.6) is 0 Å². The lowest BCUT2D eigenvalue weighted by Gasteiger charge is -2.24. The predicted molar refractivity (Wildman–Crippen MR) is 99.5 cm³/mol. The normalized spacial score (nSPS) is 22.6. The van der Waals surface area contributed by atoms with Crippen LogP contribution < -0.4 is 10.6 Å². The summed E-state index contributed by atoms with van der Waals surface area (Å²) in [5.41, 5.74) is -1.19. The van der Waals surface area contributed by atoms with Gasteiger partial charge >= 0.3 is 6.18 Å². The standard InChI is InChI=1S/C20H26F3N3O2/c1-2-26(19(28)15-11-14(15)13-7-9-24-10-8-13)12-18(27)25-17-6-4-3-5-16(17)20(21,22)23/h3-6,13-15,24H,2,7-12H2,1H3,(H,25,27)/t14-,15+/m0/s1. The van der Waals surface area contributed by atoms with E-state index in [1.54, 1.807) is 6.92 Å². The second-order valence-electron chi connectivity index (χ2n) is 7.54. The number of nitrogens with one attached hydrogen (secondary N) is 2. The molecule has 8 heteroatoms. The van der Waals surface area contributed by atoms with Crippen molar-refractivity contribution >= 4 is 17.5 Å². The Bertz CT molecular complexity index is 717. The number of alkyl halides is 3. The number of rotatable bonds is 6. The van der Waals surface area contributed by atoms with E-state index >= 15 is 0 Å². The summed E-state index contributed by atoms with van der Waals surface area (Å²) in [6, 6.07) is 4.84. The van der Waals surface area contributed by atoms with E-state index in [2.05, 4.69) is 10.6 Å². The average molecular weight is 397 g/mol. The molecule has 0 unspecified atom stereocenters. The number of carbonyl (C=O) groups excluding carboxylic acids is 2. The van der Waals surface area contributed by atoms with Crippen LogP contribution in [-0.2, 0) is 15.8 Å². The molecule has 1 heterocycles. The lowest BCUT2D eigenvalue weighted by molar-refractivity contribution is -0.137. The van der Waals surface area contributed by atoms with Gasteiger partial charge in [-0.25, -0.2) is 0 Å². The summed E-state index contributed by atoms with van der Waals surface area (Å²) in [6.45, 7) is 3.83. The Kier molecular flexibility index (Phi) is 6.27. The first-order valence-corrected chi connectivity index (χ1v) is 9.76. The molecule has 0 aromatic heterocycles. The van der Waals surface area contributed by atoms with E-state index < -0.39 is 17.6 Å². The van der Waals surface area contributed by atoms with Crippen molar-refractivity contribution in [3.63, 3.8) is 0 Å². The number of carbonyl (C=O) groups is 2. The van der Waals surface area contributed by atoms with Crippen LogP contribution in [-0.4, -0.2) is 42.9 Å². The molecule has 28 heavy (non-hydrogen) atoms. The fourth-order valence-electron chi connectivity index (χ4n) is 4.07. The molecule has 1 aromatic carbocycles. The predicted octanol–water partition coefficient (Wildman–Crippen LogP) is 3.13. The molecule has 5 nitrogen and oxygen atoms in total. The monoisotopic (exact) mass is 397 g/mol. The Morgan fingerprint density at radius 2 is 1.89 bits per heavy atom. The van der Waals surface area contributed by atoms with Gasteiger partial charge in [0.05, 0.1) is 17.8 Å². The van der Waals surface area contributed by atoms with Gasteiger partial charge in [0.15, 0.2) is 0 Å². The Morgan fingerprint density at radius 3 is 2.54 bits per heavy atom. The molecule has 3 rings (SSSR count). The number of hydrogen-bond donors (Lipinski definition) is 2. The smallest absolute Gasteiger partial charge is 0.333 e. The van der Waals surface area contributed by atoms with Crippen molar-refractivity contribution in [3.05, 3.63) is 29.8 Å². The van der Waals surface area contributed by atoms with Crippen LogP contribution in [0, 0.1) is 17.8 Å². The minimum atomic E-state index is -4.56. The number of hydrogen-bond acceptors (Lipinski definition) is 3. The summed E-state index contributed by atoms with van der Waals surface area (Å²) in [5.74, 6) is 0.175. The number of piperidine rings is 1. The first kappa shape index (κ1) is 20.6. The molecule has 1 aromatic rings. The Morgan fingerprint density at radius 1 is 1.21 bits per heavy atom. The van der Waals surface area contributed by atoms with Gasteiger partial charge in [-0.15, -0.1) is 0 Å². The third-order valence-electron chi connectivity index (χ3n) is 5.68. The van der Waals surface area contributed by atoms with Crippen LogP contribution >= 0.6 is 0 Å². The fraction of sp³-hybridized carbons (Fsp3) is 0.600. The SMILES string of the molecule is CCN(CC(=O)Nc1ccccc1C(F)(F)F)C(=O)[C@@H]1C[C@H]1C1CCNCC1. The Labute approximate surface area is 162 Å². The van der Waals surface area contributed by atoms with Crippen LogP contribution in [0.15, 0.2) is 24.3 Å². The lowest BCUT2D eigenvalue weighted by atomic mass is 9.92. The van der Waals surface area contributed by atoms with Crippen molar-refractivity contribution in [1.82, 2.24) is 10.2 Å².